The Bertz CT molecular complexity index is 533. The Labute approximate surface area is 133 Å². The summed E-state index contributed by atoms with van der Waals surface area (Å²) in [5.74, 6) is 0.687. The maximum atomic E-state index is 6.57. The lowest BCUT2D eigenvalue weighted by atomic mass is 10.0. The van der Waals surface area contributed by atoms with Gasteiger partial charge in [0, 0.05) is 19.3 Å². The van der Waals surface area contributed by atoms with Crippen LogP contribution in [0.5, 0.6) is 0 Å². The van der Waals surface area contributed by atoms with Gasteiger partial charge in [-0.15, -0.1) is 11.6 Å². The molecule has 0 saturated carbocycles. The largest absolute Gasteiger partial charge is 0.373 e. The highest BCUT2D eigenvalue weighted by molar-refractivity contribution is 6.21. The first kappa shape index (κ1) is 15.9. The second kappa shape index (κ2) is 7.51. The van der Waals surface area contributed by atoms with Crippen molar-refractivity contribution in [2.24, 2.45) is 5.92 Å². The van der Waals surface area contributed by atoms with E-state index in [4.69, 9.17) is 11.6 Å². The summed E-state index contributed by atoms with van der Waals surface area (Å²) in [7, 11) is 2.08. The molecule has 0 fully saturated rings. The van der Waals surface area contributed by atoms with E-state index in [1.54, 1.807) is 0 Å². The Morgan fingerprint density at radius 3 is 2.14 bits per heavy atom. The Balaban J connectivity index is 1.98. The van der Waals surface area contributed by atoms with Gasteiger partial charge in [0.05, 0.1) is 5.38 Å². The minimum absolute atomic E-state index is 0.00306. The van der Waals surface area contributed by atoms with Crippen molar-refractivity contribution in [1.82, 2.24) is 0 Å². The van der Waals surface area contributed by atoms with Gasteiger partial charge in [-0.3, -0.25) is 0 Å². The van der Waals surface area contributed by atoms with E-state index in [1.807, 2.05) is 6.07 Å². The van der Waals surface area contributed by atoms with Gasteiger partial charge in [0.2, 0.25) is 0 Å². The lowest BCUT2D eigenvalue weighted by Crippen LogP contribution is -2.21. The number of alkyl halides is 1. The average molecular weight is 302 g/mol. The SMILES string of the molecule is CC(C)Cc1ccc(C(Cl)CN(C)c2ccccc2)cc1. The molecule has 0 saturated heterocycles. The molecular weight excluding hydrogens is 278 g/mol. The first-order valence-corrected chi connectivity index (χ1v) is 7.99. The molecule has 0 radical (unpaired) electrons. The van der Waals surface area contributed by atoms with Gasteiger partial charge in [-0.2, -0.15) is 0 Å². The molecule has 2 heteroatoms. The van der Waals surface area contributed by atoms with Crippen LogP contribution in [0.3, 0.4) is 0 Å². The fourth-order valence-electron chi connectivity index (χ4n) is 2.47. The number of rotatable bonds is 6. The number of benzene rings is 2. The zero-order valence-electron chi connectivity index (χ0n) is 13.1. The van der Waals surface area contributed by atoms with Crippen molar-refractivity contribution in [1.29, 1.82) is 0 Å². The van der Waals surface area contributed by atoms with Gasteiger partial charge in [0.15, 0.2) is 0 Å². The maximum absolute atomic E-state index is 6.57. The van der Waals surface area contributed by atoms with Gasteiger partial charge in [0.1, 0.15) is 0 Å². The van der Waals surface area contributed by atoms with Crippen molar-refractivity contribution in [3.63, 3.8) is 0 Å². The van der Waals surface area contributed by atoms with Crippen LogP contribution in [0, 0.1) is 5.92 Å². The smallest absolute Gasteiger partial charge is 0.0760 e. The summed E-state index contributed by atoms with van der Waals surface area (Å²) in [4.78, 5) is 2.19. The maximum Gasteiger partial charge on any atom is 0.0760 e. The first-order chi connectivity index (χ1) is 10.1. The molecule has 1 nitrogen and oxygen atoms in total. The molecule has 1 unspecified atom stereocenters. The first-order valence-electron chi connectivity index (χ1n) is 7.55. The number of anilines is 1. The van der Waals surface area contributed by atoms with E-state index in [0.29, 0.717) is 5.92 Å². The molecule has 0 spiro atoms. The lowest BCUT2D eigenvalue weighted by Gasteiger charge is -2.22. The highest BCUT2D eigenvalue weighted by Crippen LogP contribution is 2.24. The fourth-order valence-corrected chi connectivity index (χ4v) is 2.82. The second-order valence-corrected chi connectivity index (χ2v) is 6.55. The summed E-state index contributed by atoms with van der Waals surface area (Å²) in [5.41, 5.74) is 3.76. The minimum Gasteiger partial charge on any atom is -0.373 e. The van der Waals surface area contributed by atoms with E-state index < -0.39 is 0 Å². The van der Waals surface area contributed by atoms with E-state index >= 15 is 0 Å². The van der Waals surface area contributed by atoms with E-state index in [9.17, 15) is 0 Å². The quantitative estimate of drug-likeness (QED) is 0.654. The molecule has 1 atom stereocenters. The average Bonchev–Trinajstić information content (AvgIpc) is 2.48. The molecule has 2 rings (SSSR count). The van der Waals surface area contributed by atoms with Gasteiger partial charge in [-0.05, 0) is 35.6 Å². The number of hydrogen-bond acceptors (Lipinski definition) is 1. The van der Waals surface area contributed by atoms with Crippen LogP contribution in [0.15, 0.2) is 54.6 Å². The van der Waals surface area contributed by atoms with Crippen molar-refractivity contribution >= 4 is 17.3 Å². The van der Waals surface area contributed by atoms with E-state index in [-0.39, 0.29) is 5.38 Å². The molecule has 2 aromatic rings. The molecule has 21 heavy (non-hydrogen) atoms. The highest BCUT2D eigenvalue weighted by Gasteiger charge is 2.11. The van der Waals surface area contributed by atoms with Crippen molar-refractivity contribution < 1.29 is 0 Å². The van der Waals surface area contributed by atoms with Gasteiger partial charge in [0.25, 0.3) is 0 Å². The zero-order chi connectivity index (χ0) is 15.2. The van der Waals surface area contributed by atoms with Crippen LogP contribution in [0.4, 0.5) is 5.69 Å². The molecular formula is C19H24ClN. The Morgan fingerprint density at radius 2 is 1.57 bits per heavy atom. The van der Waals surface area contributed by atoms with Gasteiger partial charge in [-0.1, -0.05) is 56.3 Å². The zero-order valence-corrected chi connectivity index (χ0v) is 13.8. The summed E-state index contributed by atoms with van der Waals surface area (Å²) in [5, 5.41) is 0.00306. The van der Waals surface area contributed by atoms with Crippen LogP contribution in [-0.4, -0.2) is 13.6 Å². The normalized spacial score (nSPS) is 12.4. The lowest BCUT2D eigenvalue weighted by molar-refractivity contribution is 0.647. The molecule has 112 valence electrons. The predicted octanol–water partition coefficient (Wildman–Crippen LogP) is 5.30. The van der Waals surface area contributed by atoms with Crippen molar-refractivity contribution in [2.45, 2.75) is 25.6 Å². The van der Waals surface area contributed by atoms with E-state index in [2.05, 4.69) is 74.3 Å². The number of nitrogens with zero attached hydrogens (tertiary/aromatic N) is 1. The Kier molecular flexibility index (Phi) is 5.69. The minimum atomic E-state index is 0.00306. The summed E-state index contributed by atoms with van der Waals surface area (Å²) < 4.78 is 0. The molecule has 0 aliphatic carbocycles. The molecule has 0 aliphatic heterocycles. The second-order valence-electron chi connectivity index (χ2n) is 6.02. The summed E-state index contributed by atoms with van der Waals surface area (Å²) in [6.07, 6.45) is 1.12. The number of halogens is 1. The Morgan fingerprint density at radius 1 is 0.952 bits per heavy atom. The third-order valence-corrected chi connectivity index (χ3v) is 4.01. The monoisotopic (exact) mass is 301 g/mol. The molecule has 0 heterocycles. The molecule has 0 aromatic heterocycles. The molecule has 0 bridgehead atoms. The van der Waals surface area contributed by atoms with Crippen molar-refractivity contribution in [2.75, 3.05) is 18.5 Å². The Hall–Kier alpha value is -1.47. The third kappa shape index (κ3) is 4.78. The third-order valence-electron chi connectivity index (χ3n) is 3.62. The van der Waals surface area contributed by atoms with Crippen molar-refractivity contribution in [3.8, 4) is 0 Å². The van der Waals surface area contributed by atoms with Crippen LogP contribution >= 0.6 is 11.6 Å². The summed E-state index contributed by atoms with van der Waals surface area (Å²) >= 11 is 6.57. The van der Waals surface area contributed by atoms with Crippen LogP contribution in [0.1, 0.15) is 30.4 Å². The molecule has 0 amide bonds. The van der Waals surface area contributed by atoms with Crippen LogP contribution in [-0.2, 0) is 6.42 Å². The topological polar surface area (TPSA) is 3.24 Å². The van der Waals surface area contributed by atoms with Crippen LogP contribution < -0.4 is 4.90 Å². The molecule has 0 N–H and O–H groups in total. The standard InChI is InChI=1S/C19H24ClN/c1-15(2)13-16-9-11-17(12-10-16)19(20)14-21(3)18-7-5-4-6-8-18/h4-12,15,19H,13-14H2,1-3H3. The fraction of sp³-hybridized carbons (Fsp3) is 0.368. The van der Waals surface area contributed by atoms with Crippen molar-refractivity contribution in [3.05, 3.63) is 65.7 Å². The highest BCUT2D eigenvalue weighted by atomic mass is 35.5. The molecule has 2 aromatic carbocycles. The van der Waals surface area contributed by atoms with E-state index in [1.165, 1.54) is 16.8 Å². The number of likely N-dealkylation sites (N-methyl/N-ethyl adjacent to an activating group) is 1. The van der Waals surface area contributed by atoms with Gasteiger partial charge >= 0.3 is 0 Å². The number of hydrogen-bond donors (Lipinski definition) is 0. The predicted molar refractivity (Wildman–Crippen MR) is 93.3 cm³/mol. The van der Waals surface area contributed by atoms with E-state index in [0.717, 1.165) is 13.0 Å². The van der Waals surface area contributed by atoms with Gasteiger partial charge in [-0.25, -0.2) is 0 Å². The van der Waals surface area contributed by atoms with Gasteiger partial charge < -0.3 is 4.90 Å². The number of para-hydroxylation sites is 1. The van der Waals surface area contributed by atoms with Crippen LogP contribution in [0.2, 0.25) is 0 Å². The van der Waals surface area contributed by atoms with Crippen LogP contribution in [0.25, 0.3) is 0 Å². The summed E-state index contributed by atoms with van der Waals surface area (Å²) in [6.45, 7) is 5.29. The molecule has 0 aliphatic rings. The summed E-state index contributed by atoms with van der Waals surface area (Å²) in [6, 6.07) is 19.1.